The third kappa shape index (κ3) is 5.41. The second kappa shape index (κ2) is 9.10. The first kappa shape index (κ1) is 16.4. The van der Waals surface area contributed by atoms with Gasteiger partial charge in [0.2, 0.25) is 0 Å². The van der Waals surface area contributed by atoms with Crippen LogP contribution in [0.2, 0.25) is 0 Å². The molecule has 1 aliphatic heterocycles. The van der Waals surface area contributed by atoms with E-state index in [1.54, 1.807) is 6.08 Å². The van der Waals surface area contributed by atoms with Gasteiger partial charge in [0.1, 0.15) is 19.8 Å². The molecule has 0 aliphatic carbocycles. The topological polar surface area (TPSA) is 54.0 Å². The maximum atomic E-state index is 11.6. The summed E-state index contributed by atoms with van der Waals surface area (Å²) in [4.78, 5) is 11.6. The van der Waals surface area contributed by atoms with E-state index in [9.17, 15) is 4.79 Å². The second-order valence-corrected chi connectivity index (χ2v) is 4.87. The Morgan fingerprint density at radius 1 is 1.18 bits per heavy atom. The molecule has 0 amide bonds. The first-order valence-corrected chi connectivity index (χ1v) is 7.62. The third-order valence-electron chi connectivity index (χ3n) is 3.09. The molecule has 1 aromatic rings. The van der Waals surface area contributed by atoms with Crippen LogP contribution < -0.4 is 9.47 Å². The zero-order valence-electron chi connectivity index (χ0n) is 12.9. The van der Waals surface area contributed by atoms with Crippen LogP contribution in [0.15, 0.2) is 24.3 Å². The van der Waals surface area contributed by atoms with Crippen LogP contribution in [0.3, 0.4) is 0 Å². The van der Waals surface area contributed by atoms with E-state index in [0.29, 0.717) is 32.2 Å². The van der Waals surface area contributed by atoms with Crippen LogP contribution in [-0.2, 0) is 14.3 Å². The molecule has 1 aliphatic rings. The number of hydrogen-bond acceptors (Lipinski definition) is 5. The molecule has 1 aromatic carbocycles. The van der Waals surface area contributed by atoms with Gasteiger partial charge >= 0.3 is 5.97 Å². The predicted octanol–water partition coefficient (Wildman–Crippen LogP) is 2.83. The summed E-state index contributed by atoms with van der Waals surface area (Å²) >= 11 is 0. The smallest absolute Gasteiger partial charge is 0.330 e. The van der Waals surface area contributed by atoms with Crippen molar-refractivity contribution >= 4 is 12.0 Å². The van der Waals surface area contributed by atoms with Crippen LogP contribution in [0.4, 0.5) is 0 Å². The Kier molecular flexibility index (Phi) is 6.77. The van der Waals surface area contributed by atoms with Crippen molar-refractivity contribution in [3.8, 4) is 11.5 Å². The normalized spacial score (nSPS) is 13.3. The fourth-order valence-corrected chi connectivity index (χ4v) is 1.93. The molecule has 0 aromatic heterocycles. The molecule has 0 atom stereocenters. The molecule has 0 saturated heterocycles. The number of rotatable bonds is 8. The number of ether oxygens (including phenoxy) is 4. The molecule has 0 N–H and O–H groups in total. The Morgan fingerprint density at radius 3 is 2.82 bits per heavy atom. The molecule has 22 heavy (non-hydrogen) atoms. The quantitative estimate of drug-likeness (QED) is 0.420. The fraction of sp³-hybridized carbons (Fsp3) is 0.471. The molecule has 0 unspecified atom stereocenters. The Labute approximate surface area is 130 Å². The van der Waals surface area contributed by atoms with Crippen molar-refractivity contribution in [2.75, 3.05) is 33.0 Å². The Hall–Kier alpha value is -2.01. The molecular weight excluding hydrogens is 284 g/mol. The monoisotopic (exact) mass is 306 g/mol. The molecule has 2 rings (SSSR count). The van der Waals surface area contributed by atoms with Gasteiger partial charge in [0.15, 0.2) is 11.5 Å². The fourth-order valence-electron chi connectivity index (χ4n) is 1.93. The zero-order chi connectivity index (χ0) is 15.6. The van der Waals surface area contributed by atoms with Crippen LogP contribution in [0.5, 0.6) is 11.5 Å². The highest BCUT2D eigenvalue weighted by Gasteiger charge is 2.10. The Bertz CT molecular complexity index is 510. The van der Waals surface area contributed by atoms with Crippen molar-refractivity contribution in [3.63, 3.8) is 0 Å². The van der Waals surface area contributed by atoms with Gasteiger partial charge in [-0.25, -0.2) is 4.79 Å². The number of fused-ring (bicyclic) bond motifs is 1. The highest BCUT2D eigenvalue weighted by Crippen LogP contribution is 2.31. The lowest BCUT2D eigenvalue weighted by atomic mass is 10.2. The van der Waals surface area contributed by atoms with Crippen molar-refractivity contribution in [1.82, 2.24) is 0 Å². The lowest BCUT2D eigenvalue weighted by Gasteiger charge is -2.18. The molecular formula is C17H22O5. The molecule has 5 heteroatoms. The van der Waals surface area contributed by atoms with Gasteiger partial charge < -0.3 is 18.9 Å². The molecule has 0 bridgehead atoms. The van der Waals surface area contributed by atoms with Gasteiger partial charge in [-0.05, 0) is 30.2 Å². The summed E-state index contributed by atoms with van der Waals surface area (Å²) < 4.78 is 21.3. The number of unbranched alkanes of at least 4 members (excludes halogenated alkanes) is 1. The summed E-state index contributed by atoms with van der Waals surface area (Å²) in [6.45, 7) is 4.62. The van der Waals surface area contributed by atoms with Gasteiger partial charge in [0, 0.05) is 12.7 Å². The lowest BCUT2D eigenvalue weighted by Crippen LogP contribution is -2.15. The minimum Gasteiger partial charge on any atom is -0.486 e. The highest BCUT2D eigenvalue weighted by molar-refractivity contribution is 5.87. The van der Waals surface area contributed by atoms with E-state index in [2.05, 4.69) is 6.92 Å². The van der Waals surface area contributed by atoms with Crippen LogP contribution in [0.25, 0.3) is 6.08 Å². The largest absolute Gasteiger partial charge is 0.486 e. The van der Waals surface area contributed by atoms with E-state index in [4.69, 9.17) is 18.9 Å². The second-order valence-electron chi connectivity index (χ2n) is 4.87. The molecule has 0 fully saturated rings. The summed E-state index contributed by atoms with van der Waals surface area (Å²) in [6, 6.07) is 5.54. The van der Waals surface area contributed by atoms with Gasteiger partial charge in [-0.15, -0.1) is 0 Å². The van der Waals surface area contributed by atoms with E-state index in [1.807, 2.05) is 18.2 Å². The van der Waals surface area contributed by atoms with Crippen molar-refractivity contribution in [1.29, 1.82) is 0 Å². The van der Waals surface area contributed by atoms with E-state index in [-0.39, 0.29) is 12.6 Å². The summed E-state index contributed by atoms with van der Waals surface area (Å²) in [5.41, 5.74) is 0.861. The maximum absolute atomic E-state index is 11.6. The minimum absolute atomic E-state index is 0.272. The summed E-state index contributed by atoms with van der Waals surface area (Å²) in [7, 11) is 0. The summed E-state index contributed by atoms with van der Waals surface area (Å²) in [5.74, 6) is 1.05. The Morgan fingerprint density at radius 2 is 2.00 bits per heavy atom. The molecule has 1 heterocycles. The first-order chi connectivity index (χ1) is 10.8. The summed E-state index contributed by atoms with van der Waals surface area (Å²) in [6.07, 6.45) is 5.21. The Balaban J connectivity index is 1.73. The average molecular weight is 306 g/mol. The number of benzene rings is 1. The van der Waals surface area contributed by atoms with E-state index < -0.39 is 0 Å². The number of carbonyl (C=O) groups is 1. The molecule has 0 saturated carbocycles. The van der Waals surface area contributed by atoms with Gasteiger partial charge in [0.25, 0.3) is 0 Å². The maximum Gasteiger partial charge on any atom is 0.330 e. The third-order valence-corrected chi connectivity index (χ3v) is 3.09. The highest BCUT2D eigenvalue weighted by atomic mass is 16.6. The van der Waals surface area contributed by atoms with Crippen LogP contribution >= 0.6 is 0 Å². The van der Waals surface area contributed by atoms with Crippen LogP contribution in [0, 0.1) is 0 Å². The van der Waals surface area contributed by atoms with Gasteiger partial charge in [-0.3, -0.25) is 0 Å². The number of hydrogen-bond donors (Lipinski definition) is 0. The van der Waals surface area contributed by atoms with E-state index in [0.717, 1.165) is 24.2 Å². The standard InChI is InChI=1S/C17H22O5/c1-2-3-8-19-9-10-22-17(18)7-5-14-4-6-15-16(13-14)21-12-11-20-15/h4-7,13H,2-3,8-12H2,1H3/b7-5+. The van der Waals surface area contributed by atoms with Crippen molar-refractivity contribution < 1.29 is 23.7 Å². The predicted molar refractivity (Wildman–Crippen MR) is 83.2 cm³/mol. The SMILES string of the molecule is CCCCOCCOC(=O)/C=C/c1ccc2c(c1)OCCO2. The van der Waals surface area contributed by atoms with Crippen molar-refractivity contribution in [2.24, 2.45) is 0 Å². The van der Waals surface area contributed by atoms with Gasteiger partial charge in [-0.1, -0.05) is 19.4 Å². The zero-order valence-corrected chi connectivity index (χ0v) is 12.9. The number of esters is 1. The van der Waals surface area contributed by atoms with Crippen molar-refractivity contribution in [2.45, 2.75) is 19.8 Å². The van der Waals surface area contributed by atoms with Gasteiger partial charge in [0.05, 0.1) is 6.61 Å². The summed E-state index contributed by atoms with van der Waals surface area (Å²) in [5, 5.41) is 0. The minimum atomic E-state index is -0.381. The average Bonchev–Trinajstić information content (AvgIpc) is 2.56. The lowest BCUT2D eigenvalue weighted by molar-refractivity contribution is -0.139. The van der Waals surface area contributed by atoms with Gasteiger partial charge in [-0.2, -0.15) is 0 Å². The van der Waals surface area contributed by atoms with Crippen LogP contribution in [-0.4, -0.2) is 39.0 Å². The van der Waals surface area contributed by atoms with Crippen molar-refractivity contribution in [3.05, 3.63) is 29.8 Å². The van der Waals surface area contributed by atoms with Crippen LogP contribution in [0.1, 0.15) is 25.3 Å². The van der Waals surface area contributed by atoms with E-state index >= 15 is 0 Å². The molecule has 0 spiro atoms. The van der Waals surface area contributed by atoms with E-state index in [1.165, 1.54) is 6.08 Å². The molecule has 120 valence electrons. The number of carbonyl (C=O) groups excluding carboxylic acids is 1. The molecule has 5 nitrogen and oxygen atoms in total. The first-order valence-electron chi connectivity index (χ1n) is 7.62. The molecule has 0 radical (unpaired) electrons.